The van der Waals surface area contributed by atoms with Gasteiger partial charge in [-0.15, -0.1) is 0 Å². The maximum absolute atomic E-state index is 12.9. The van der Waals surface area contributed by atoms with Crippen LogP contribution in [0.5, 0.6) is 0 Å². The lowest BCUT2D eigenvalue weighted by Crippen LogP contribution is -2.29. The lowest BCUT2D eigenvalue weighted by atomic mass is 10.2. The molecule has 0 aliphatic heterocycles. The Balaban J connectivity index is 2.36. The van der Waals surface area contributed by atoms with Crippen LogP contribution in [0.2, 0.25) is 0 Å². The number of aromatic nitrogens is 1. The summed E-state index contributed by atoms with van der Waals surface area (Å²) in [5.74, 6) is 0. The SMILES string of the molecule is CC(NS(=O)(=O)c1ccccc1C(F)(F)F)c1cccnc1. The smallest absolute Gasteiger partial charge is 0.264 e. The average molecular weight is 330 g/mol. The van der Waals surface area contributed by atoms with Crippen LogP contribution >= 0.6 is 0 Å². The highest BCUT2D eigenvalue weighted by Crippen LogP contribution is 2.34. The Morgan fingerprint density at radius 2 is 1.82 bits per heavy atom. The Morgan fingerprint density at radius 3 is 2.41 bits per heavy atom. The highest BCUT2D eigenvalue weighted by Gasteiger charge is 2.37. The fourth-order valence-electron chi connectivity index (χ4n) is 1.93. The topological polar surface area (TPSA) is 59.1 Å². The van der Waals surface area contributed by atoms with Crippen LogP contribution < -0.4 is 4.72 Å². The maximum Gasteiger partial charge on any atom is 0.417 e. The quantitative estimate of drug-likeness (QED) is 0.937. The number of hydrogen-bond donors (Lipinski definition) is 1. The number of pyridine rings is 1. The van der Waals surface area contributed by atoms with E-state index in [-0.39, 0.29) is 0 Å². The minimum atomic E-state index is -4.75. The zero-order chi connectivity index (χ0) is 16.4. The van der Waals surface area contributed by atoms with Gasteiger partial charge >= 0.3 is 6.18 Å². The second kappa shape index (κ2) is 6.05. The van der Waals surface area contributed by atoms with Gasteiger partial charge in [0.2, 0.25) is 10.0 Å². The summed E-state index contributed by atoms with van der Waals surface area (Å²) in [5.41, 5.74) is -0.642. The molecule has 0 bridgehead atoms. The summed E-state index contributed by atoms with van der Waals surface area (Å²) in [4.78, 5) is 3.06. The van der Waals surface area contributed by atoms with Gasteiger partial charge in [-0.05, 0) is 30.7 Å². The number of alkyl halides is 3. The van der Waals surface area contributed by atoms with Gasteiger partial charge < -0.3 is 0 Å². The van der Waals surface area contributed by atoms with Crippen LogP contribution in [0.4, 0.5) is 13.2 Å². The first-order valence-electron chi connectivity index (χ1n) is 6.30. The van der Waals surface area contributed by atoms with Gasteiger partial charge in [0.25, 0.3) is 0 Å². The molecular formula is C14H13F3N2O2S. The lowest BCUT2D eigenvalue weighted by Gasteiger charge is -2.17. The zero-order valence-corrected chi connectivity index (χ0v) is 12.3. The largest absolute Gasteiger partial charge is 0.417 e. The first-order valence-corrected chi connectivity index (χ1v) is 7.78. The molecule has 1 unspecified atom stereocenters. The summed E-state index contributed by atoms with van der Waals surface area (Å²) in [6, 6.07) is 6.61. The molecule has 0 aliphatic rings. The van der Waals surface area contributed by atoms with E-state index in [1.165, 1.54) is 25.4 Å². The Hall–Kier alpha value is -1.93. The van der Waals surface area contributed by atoms with Crippen LogP contribution in [0.1, 0.15) is 24.1 Å². The normalized spacial score (nSPS) is 13.8. The summed E-state index contributed by atoms with van der Waals surface area (Å²) < 4.78 is 65.5. The van der Waals surface area contributed by atoms with Gasteiger partial charge in [-0.3, -0.25) is 4.98 Å². The first kappa shape index (κ1) is 16.4. The number of rotatable bonds is 4. The fraction of sp³-hybridized carbons (Fsp3) is 0.214. The van der Waals surface area contributed by atoms with Gasteiger partial charge in [0.1, 0.15) is 0 Å². The monoisotopic (exact) mass is 330 g/mol. The molecule has 22 heavy (non-hydrogen) atoms. The van der Waals surface area contributed by atoms with Gasteiger partial charge in [0.15, 0.2) is 0 Å². The summed E-state index contributed by atoms with van der Waals surface area (Å²) in [6.07, 6.45) is -1.78. The number of benzene rings is 1. The first-order chi connectivity index (χ1) is 10.2. The summed E-state index contributed by atoms with van der Waals surface area (Å²) in [5, 5.41) is 0. The molecule has 1 aromatic carbocycles. The predicted octanol–water partition coefficient (Wildman–Crippen LogP) is 3.14. The van der Waals surface area contributed by atoms with E-state index in [2.05, 4.69) is 9.71 Å². The molecule has 0 radical (unpaired) electrons. The van der Waals surface area contributed by atoms with Crippen molar-refractivity contribution in [1.82, 2.24) is 9.71 Å². The number of nitrogens with zero attached hydrogens (tertiary/aromatic N) is 1. The number of nitrogens with one attached hydrogen (secondary N) is 1. The number of hydrogen-bond acceptors (Lipinski definition) is 3. The van der Waals surface area contributed by atoms with Crippen LogP contribution in [0.15, 0.2) is 53.7 Å². The van der Waals surface area contributed by atoms with Crippen molar-refractivity contribution < 1.29 is 21.6 Å². The lowest BCUT2D eigenvalue weighted by molar-refractivity contribution is -0.139. The van der Waals surface area contributed by atoms with E-state index >= 15 is 0 Å². The van der Waals surface area contributed by atoms with E-state index in [0.29, 0.717) is 5.56 Å². The van der Waals surface area contributed by atoms with Crippen molar-refractivity contribution in [3.8, 4) is 0 Å². The van der Waals surface area contributed by atoms with Crippen molar-refractivity contribution >= 4 is 10.0 Å². The molecule has 118 valence electrons. The molecular weight excluding hydrogens is 317 g/mol. The third-order valence-corrected chi connectivity index (χ3v) is 4.60. The highest BCUT2D eigenvalue weighted by atomic mass is 32.2. The summed E-state index contributed by atoms with van der Waals surface area (Å²) in [6.45, 7) is 1.53. The molecule has 0 saturated heterocycles. The Bertz CT molecular complexity index is 746. The molecule has 2 rings (SSSR count). The molecule has 8 heteroatoms. The van der Waals surface area contributed by atoms with Crippen molar-refractivity contribution in [3.05, 3.63) is 59.9 Å². The molecule has 1 aromatic heterocycles. The standard InChI is InChI=1S/C14H13F3N2O2S/c1-10(11-5-4-8-18-9-11)19-22(20,21)13-7-3-2-6-12(13)14(15,16)17/h2-10,19H,1H3. The molecule has 1 heterocycles. The van der Waals surface area contributed by atoms with Gasteiger partial charge in [-0.25, -0.2) is 13.1 Å². The van der Waals surface area contributed by atoms with E-state index in [4.69, 9.17) is 0 Å². The third-order valence-electron chi connectivity index (χ3n) is 3.00. The average Bonchev–Trinajstić information content (AvgIpc) is 2.47. The van der Waals surface area contributed by atoms with Crippen LogP contribution in [-0.4, -0.2) is 13.4 Å². The summed E-state index contributed by atoms with van der Waals surface area (Å²) in [7, 11) is -4.32. The van der Waals surface area contributed by atoms with E-state index in [1.54, 1.807) is 12.1 Å². The molecule has 1 atom stereocenters. The van der Waals surface area contributed by atoms with E-state index < -0.39 is 32.7 Å². The fourth-order valence-corrected chi connectivity index (χ4v) is 3.39. The van der Waals surface area contributed by atoms with E-state index in [9.17, 15) is 21.6 Å². The van der Waals surface area contributed by atoms with Crippen LogP contribution in [0.3, 0.4) is 0 Å². The Morgan fingerprint density at radius 1 is 1.14 bits per heavy atom. The summed E-state index contributed by atoms with van der Waals surface area (Å²) >= 11 is 0. The van der Waals surface area contributed by atoms with Crippen molar-refractivity contribution in [2.45, 2.75) is 24.0 Å². The zero-order valence-electron chi connectivity index (χ0n) is 11.5. The molecule has 0 saturated carbocycles. The number of halogens is 3. The number of sulfonamides is 1. The van der Waals surface area contributed by atoms with Gasteiger partial charge in [-0.1, -0.05) is 18.2 Å². The van der Waals surface area contributed by atoms with Gasteiger partial charge in [0, 0.05) is 18.4 Å². The highest BCUT2D eigenvalue weighted by molar-refractivity contribution is 7.89. The minimum absolute atomic E-state index is 0.551. The second-order valence-electron chi connectivity index (χ2n) is 4.62. The second-order valence-corrected chi connectivity index (χ2v) is 6.31. The van der Waals surface area contributed by atoms with Gasteiger partial charge in [-0.2, -0.15) is 13.2 Å². The molecule has 0 aliphatic carbocycles. The van der Waals surface area contributed by atoms with Crippen molar-refractivity contribution in [2.24, 2.45) is 0 Å². The van der Waals surface area contributed by atoms with E-state index in [1.807, 2.05) is 0 Å². The molecule has 4 nitrogen and oxygen atoms in total. The van der Waals surface area contributed by atoms with Crippen molar-refractivity contribution in [1.29, 1.82) is 0 Å². The van der Waals surface area contributed by atoms with E-state index in [0.717, 1.165) is 18.2 Å². The van der Waals surface area contributed by atoms with Crippen molar-refractivity contribution in [2.75, 3.05) is 0 Å². The Kier molecular flexibility index (Phi) is 4.52. The molecule has 1 N–H and O–H groups in total. The maximum atomic E-state index is 12.9. The van der Waals surface area contributed by atoms with Crippen LogP contribution in [0, 0.1) is 0 Å². The Labute approximate surface area is 126 Å². The predicted molar refractivity (Wildman–Crippen MR) is 74.4 cm³/mol. The minimum Gasteiger partial charge on any atom is -0.264 e. The third kappa shape index (κ3) is 3.63. The van der Waals surface area contributed by atoms with Crippen LogP contribution in [0.25, 0.3) is 0 Å². The van der Waals surface area contributed by atoms with Gasteiger partial charge in [0.05, 0.1) is 10.5 Å². The van der Waals surface area contributed by atoms with Crippen molar-refractivity contribution in [3.63, 3.8) is 0 Å². The van der Waals surface area contributed by atoms with Crippen LogP contribution in [-0.2, 0) is 16.2 Å². The molecule has 0 fully saturated rings. The molecule has 0 amide bonds. The molecule has 2 aromatic rings. The molecule has 0 spiro atoms.